The summed E-state index contributed by atoms with van der Waals surface area (Å²) in [4.78, 5) is 32.2. The van der Waals surface area contributed by atoms with Gasteiger partial charge in [-0.3, -0.25) is 14.6 Å². The number of pyridine rings is 2. The molecule has 0 atom stereocenters. The van der Waals surface area contributed by atoms with Crippen LogP contribution in [0.1, 0.15) is 34.5 Å². The van der Waals surface area contributed by atoms with E-state index in [1.165, 1.54) is 12.3 Å². The lowest BCUT2D eigenvalue weighted by Gasteiger charge is -2.37. The Morgan fingerprint density at radius 3 is 2.67 bits per heavy atom. The zero-order chi connectivity index (χ0) is 17.3. The maximum atomic E-state index is 12.5. The number of aryl methyl sites for hydroxylation is 1. The van der Waals surface area contributed by atoms with Crippen molar-refractivity contribution in [2.24, 2.45) is 0 Å². The van der Waals surface area contributed by atoms with Crippen molar-refractivity contribution in [3.63, 3.8) is 0 Å². The van der Waals surface area contributed by atoms with Crippen LogP contribution in [0, 0.1) is 6.92 Å². The van der Waals surface area contributed by atoms with Gasteiger partial charge in [-0.1, -0.05) is 17.7 Å². The number of likely N-dealkylation sites (tertiary alicyclic amines) is 1. The second-order valence-corrected chi connectivity index (χ2v) is 6.52. The number of nitrogens with zero attached hydrogens (tertiary/aromatic N) is 2. The summed E-state index contributed by atoms with van der Waals surface area (Å²) in [5.74, 6) is -0.216. The van der Waals surface area contributed by atoms with E-state index in [0.29, 0.717) is 37.2 Å². The molecule has 0 saturated carbocycles. The van der Waals surface area contributed by atoms with Crippen LogP contribution in [0.25, 0.3) is 0 Å². The van der Waals surface area contributed by atoms with E-state index in [1.54, 1.807) is 11.1 Å². The van der Waals surface area contributed by atoms with E-state index >= 15 is 0 Å². The number of amides is 1. The summed E-state index contributed by atoms with van der Waals surface area (Å²) >= 11 is 5.77. The predicted octanol–water partition coefficient (Wildman–Crippen LogP) is 1.86. The van der Waals surface area contributed by atoms with Crippen molar-refractivity contribution in [2.45, 2.75) is 25.4 Å². The molecule has 1 aliphatic heterocycles. The van der Waals surface area contributed by atoms with Gasteiger partial charge in [0, 0.05) is 25.5 Å². The van der Waals surface area contributed by atoms with Crippen LogP contribution in [0.4, 0.5) is 0 Å². The van der Waals surface area contributed by atoms with E-state index in [4.69, 9.17) is 11.6 Å². The van der Waals surface area contributed by atoms with Crippen LogP contribution in [-0.4, -0.2) is 39.0 Å². The number of hydrogen-bond acceptors (Lipinski definition) is 4. The molecule has 0 bridgehead atoms. The normalized spacial score (nSPS) is 16.9. The Morgan fingerprint density at radius 1 is 1.38 bits per heavy atom. The largest absolute Gasteiger partial charge is 0.383 e. The first-order valence-electron chi connectivity index (χ1n) is 7.72. The van der Waals surface area contributed by atoms with Crippen molar-refractivity contribution in [3.8, 4) is 0 Å². The summed E-state index contributed by atoms with van der Waals surface area (Å²) < 4.78 is 0. The molecule has 1 aliphatic rings. The number of aromatic nitrogens is 2. The van der Waals surface area contributed by atoms with Gasteiger partial charge in [0.1, 0.15) is 10.6 Å². The third kappa shape index (κ3) is 3.20. The monoisotopic (exact) mass is 347 g/mol. The van der Waals surface area contributed by atoms with Crippen LogP contribution in [-0.2, 0) is 5.60 Å². The minimum atomic E-state index is -1.02. The molecule has 7 heteroatoms. The fourth-order valence-electron chi connectivity index (χ4n) is 2.84. The molecule has 0 spiro atoms. The Balaban J connectivity index is 1.72. The second kappa shape index (κ2) is 6.37. The van der Waals surface area contributed by atoms with Crippen LogP contribution in [0.5, 0.6) is 0 Å². The zero-order valence-electron chi connectivity index (χ0n) is 13.3. The second-order valence-electron chi connectivity index (χ2n) is 6.11. The van der Waals surface area contributed by atoms with Crippen molar-refractivity contribution in [1.29, 1.82) is 0 Å². The summed E-state index contributed by atoms with van der Waals surface area (Å²) in [6.07, 6.45) is 3.91. The lowest BCUT2D eigenvalue weighted by atomic mass is 9.87. The van der Waals surface area contributed by atoms with Crippen LogP contribution < -0.4 is 5.56 Å². The van der Waals surface area contributed by atoms with E-state index in [-0.39, 0.29) is 10.9 Å². The van der Waals surface area contributed by atoms with E-state index in [0.717, 1.165) is 5.56 Å². The molecule has 1 saturated heterocycles. The molecular weight excluding hydrogens is 330 g/mol. The van der Waals surface area contributed by atoms with Gasteiger partial charge < -0.3 is 15.0 Å². The molecule has 3 rings (SSSR count). The van der Waals surface area contributed by atoms with Crippen molar-refractivity contribution in [2.75, 3.05) is 13.1 Å². The SMILES string of the molecule is Cc1ccc(C2(O)CCN(C(=O)c3c[nH]c(=O)c(Cl)c3)CC2)nc1. The highest BCUT2D eigenvalue weighted by atomic mass is 35.5. The van der Waals surface area contributed by atoms with Crippen molar-refractivity contribution >= 4 is 17.5 Å². The molecular formula is C17H18ClN3O3. The number of halogens is 1. The lowest BCUT2D eigenvalue weighted by molar-refractivity contribution is -0.0244. The van der Waals surface area contributed by atoms with Gasteiger partial charge in [0.05, 0.1) is 11.3 Å². The number of aromatic amines is 1. The van der Waals surface area contributed by atoms with Gasteiger partial charge in [-0.15, -0.1) is 0 Å². The topological polar surface area (TPSA) is 86.3 Å². The molecule has 3 heterocycles. The van der Waals surface area contributed by atoms with Gasteiger partial charge in [0.2, 0.25) is 0 Å². The Bertz CT molecular complexity index is 809. The Hall–Kier alpha value is -2.18. The smallest absolute Gasteiger partial charge is 0.266 e. The molecule has 2 aromatic heterocycles. The number of rotatable bonds is 2. The van der Waals surface area contributed by atoms with E-state index in [9.17, 15) is 14.7 Å². The van der Waals surface area contributed by atoms with Crippen molar-refractivity contribution in [1.82, 2.24) is 14.9 Å². The van der Waals surface area contributed by atoms with Gasteiger partial charge in [-0.2, -0.15) is 0 Å². The molecule has 126 valence electrons. The number of H-pyrrole nitrogens is 1. The quantitative estimate of drug-likeness (QED) is 0.868. The van der Waals surface area contributed by atoms with Gasteiger partial charge in [-0.05, 0) is 37.5 Å². The fraction of sp³-hybridized carbons (Fsp3) is 0.353. The van der Waals surface area contributed by atoms with Crippen LogP contribution >= 0.6 is 11.6 Å². The predicted molar refractivity (Wildman–Crippen MR) is 90.1 cm³/mol. The molecule has 1 fully saturated rings. The van der Waals surface area contributed by atoms with Gasteiger partial charge in [0.15, 0.2) is 0 Å². The number of hydrogen-bond donors (Lipinski definition) is 2. The van der Waals surface area contributed by atoms with Crippen LogP contribution in [0.2, 0.25) is 5.02 Å². The summed E-state index contributed by atoms with van der Waals surface area (Å²) in [6.45, 7) is 2.75. The number of aliphatic hydroxyl groups is 1. The highest BCUT2D eigenvalue weighted by Crippen LogP contribution is 2.32. The molecule has 24 heavy (non-hydrogen) atoms. The standard InChI is InChI=1S/C17H18ClN3O3/c1-11-2-3-14(19-9-11)17(24)4-6-21(7-5-17)16(23)12-8-13(18)15(22)20-10-12/h2-3,8-10,24H,4-7H2,1H3,(H,20,22). The average Bonchev–Trinajstić information content (AvgIpc) is 2.58. The third-order valence-electron chi connectivity index (χ3n) is 4.37. The average molecular weight is 348 g/mol. The Morgan fingerprint density at radius 2 is 2.08 bits per heavy atom. The molecule has 0 unspecified atom stereocenters. The zero-order valence-corrected chi connectivity index (χ0v) is 14.0. The number of carbonyl (C=O) groups excluding carboxylic acids is 1. The van der Waals surface area contributed by atoms with Crippen LogP contribution in [0.3, 0.4) is 0 Å². The summed E-state index contributed by atoms with van der Waals surface area (Å²) in [5.41, 5.74) is 0.551. The maximum absolute atomic E-state index is 12.5. The van der Waals surface area contributed by atoms with Crippen molar-refractivity contribution in [3.05, 3.63) is 62.8 Å². The highest BCUT2D eigenvalue weighted by molar-refractivity contribution is 6.30. The van der Waals surface area contributed by atoms with E-state index in [2.05, 4.69) is 9.97 Å². The molecule has 1 amide bonds. The minimum Gasteiger partial charge on any atom is -0.383 e. The Labute approximate surface area is 144 Å². The maximum Gasteiger partial charge on any atom is 0.266 e. The first-order valence-corrected chi connectivity index (χ1v) is 8.10. The molecule has 2 aromatic rings. The molecule has 0 aliphatic carbocycles. The highest BCUT2D eigenvalue weighted by Gasteiger charge is 2.36. The lowest BCUT2D eigenvalue weighted by Crippen LogP contribution is -2.45. The fourth-order valence-corrected chi connectivity index (χ4v) is 3.01. The van der Waals surface area contributed by atoms with Gasteiger partial charge >= 0.3 is 0 Å². The first kappa shape index (κ1) is 16.7. The minimum absolute atomic E-state index is 0.0155. The Kier molecular flexibility index (Phi) is 4.43. The van der Waals surface area contributed by atoms with Gasteiger partial charge in [-0.25, -0.2) is 0 Å². The number of piperidine rings is 1. The molecule has 2 N–H and O–H groups in total. The van der Waals surface area contributed by atoms with Crippen molar-refractivity contribution < 1.29 is 9.90 Å². The summed E-state index contributed by atoms with van der Waals surface area (Å²) in [5, 5.41) is 10.8. The summed E-state index contributed by atoms with van der Waals surface area (Å²) in [6, 6.07) is 5.11. The third-order valence-corrected chi connectivity index (χ3v) is 4.65. The van der Waals surface area contributed by atoms with Crippen LogP contribution in [0.15, 0.2) is 35.4 Å². The number of carbonyl (C=O) groups is 1. The molecule has 6 nitrogen and oxygen atoms in total. The number of nitrogens with one attached hydrogen (secondary N) is 1. The van der Waals surface area contributed by atoms with Gasteiger partial charge in [0.25, 0.3) is 11.5 Å². The van der Waals surface area contributed by atoms with E-state index < -0.39 is 11.2 Å². The summed E-state index contributed by atoms with van der Waals surface area (Å²) in [7, 11) is 0. The molecule has 0 radical (unpaired) electrons. The first-order chi connectivity index (χ1) is 11.4. The van der Waals surface area contributed by atoms with E-state index in [1.807, 2.05) is 19.1 Å². The molecule has 0 aromatic carbocycles.